The SMILES string of the molecule is Cc1ccc(NC(=S)Nc2nc(C)c(C)c(C)c2C)cc1. The third-order valence-corrected chi connectivity index (χ3v) is 4.05. The maximum Gasteiger partial charge on any atom is 0.176 e. The minimum Gasteiger partial charge on any atom is -0.332 e. The lowest BCUT2D eigenvalue weighted by Gasteiger charge is -2.16. The van der Waals surface area contributed by atoms with Crippen LogP contribution in [-0.2, 0) is 0 Å². The average Bonchev–Trinajstić information content (AvgIpc) is 2.45. The molecule has 0 spiro atoms. The number of benzene rings is 1. The van der Waals surface area contributed by atoms with Gasteiger partial charge in [0.2, 0.25) is 0 Å². The molecule has 0 aliphatic carbocycles. The lowest BCUT2D eigenvalue weighted by Crippen LogP contribution is -2.21. The fourth-order valence-electron chi connectivity index (χ4n) is 2.09. The molecule has 2 aromatic rings. The number of hydrogen-bond donors (Lipinski definition) is 2. The fourth-order valence-corrected chi connectivity index (χ4v) is 2.31. The summed E-state index contributed by atoms with van der Waals surface area (Å²) in [6.07, 6.45) is 0. The number of rotatable bonds is 2. The van der Waals surface area contributed by atoms with Crippen molar-refractivity contribution < 1.29 is 0 Å². The van der Waals surface area contributed by atoms with Crippen LogP contribution in [0.3, 0.4) is 0 Å². The Morgan fingerprint density at radius 2 is 1.48 bits per heavy atom. The molecule has 0 amide bonds. The van der Waals surface area contributed by atoms with Crippen LogP contribution < -0.4 is 10.6 Å². The standard InChI is InChI=1S/C17H21N3S/c1-10-6-8-15(9-7-10)19-17(21)20-16-13(4)11(2)12(3)14(5)18-16/h6-9H,1-5H3,(H2,18,19,20,21). The van der Waals surface area contributed by atoms with Crippen molar-refractivity contribution in [2.45, 2.75) is 34.6 Å². The highest BCUT2D eigenvalue weighted by Crippen LogP contribution is 2.22. The fraction of sp³-hybridized carbons (Fsp3) is 0.294. The van der Waals surface area contributed by atoms with Gasteiger partial charge in [-0.1, -0.05) is 17.7 Å². The van der Waals surface area contributed by atoms with E-state index in [2.05, 4.69) is 55.4 Å². The number of nitrogens with one attached hydrogen (secondary N) is 2. The molecule has 1 aromatic heterocycles. The summed E-state index contributed by atoms with van der Waals surface area (Å²) in [7, 11) is 0. The quantitative estimate of drug-likeness (QED) is 0.804. The summed E-state index contributed by atoms with van der Waals surface area (Å²) in [6, 6.07) is 8.12. The second kappa shape index (κ2) is 6.22. The van der Waals surface area contributed by atoms with E-state index in [9.17, 15) is 0 Å². The topological polar surface area (TPSA) is 37.0 Å². The van der Waals surface area contributed by atoms with E-state index >= 15 is 0 Å². The molecular formula is C17H21N3S. The molecule has 3 nitrogen and oxygen atoms in total. The van der Waals surface area contributed by atoms with Crippen molar-refractivity contribution in [3.63, 3.8) is 0 Å². The molecule has 1 aromatic carbocycles. The first-order valence-electron chi connectivity index (χ1n) is 6.97. The molecular weight excluding hydrogens is 278 g/mol. The monoisotopic (exact) mass is 299 g/mol. The van der Waals surface area contributed by atoms with Gasteiger partial charge in [0.25, 0.3) is 0 Å². The van der Waals surface area contributed by atoms with E-state index in [0.29, 0.717) is 5.11 Å². The highest BCUT2D eigenvalue weighted by atomic mass is 32.1. The van der Waals surface area contributed by atoms with Gasteiger partial charge < -0.3 is 10.6 Å². The Kier molecular flexibility index (Phi) is 4.58. The Morgan fingerprint density at radius 3 is 2.10 bits per heavy atom. The normalized spacial score (nSPS) is 10.3. The molecule has 21 heavy (non-hydrogen) atoms. The first-order chi connectivity index (χ1) is 9.88. The van der Waals surface area contributed by atoms with E-state index in [-0.39, 0.29) is 0 Å². The van der Waals surface area contributed by atoms with Crippen molar-refractivity contribution >= 4 is 28.8 Å². The molecule has 110 valence electrons. The van der Waals surface area contributed by atoms with Gasteiger partial charge in [-0.05, 0) is 75.7 Å². The van der Waals surface area contributed by atoms with Crippen molar-refractivity contribution in [2.75, 3.05) is 10.6 Å². The van der Waals surface area contributed by atoms with Gasteiger partial charge in [-0.3, -0.25) is 0 Å². The molecule has 2 N–H and O–H groups in total. The van der Waals surface area contributed by atoms with Crippen molar-refractivity contribution in [1.29, 1.82) is 0 Å². The summed E-state index contributed by atoms with van der Waals surface area (Å²) >= 11 is 5.37. The first-order valence-corrected chi connectivity index (χ1v) is 7.38. The minimum atomic E-state index is 0.553. The summed E-state index contributed by atoms with van der Waals surface area (Å²) in [5.74, 6) is 0.820. The number of anilines is 2. The predicted octanol–water partition coefficient (Wildman–Crippen LogP) is 4.43. The molecule has 0 aliphatic rings. The molecule has 0 aliphatic heterocycles. The Hall–Kier alpha value is -1.94. The van der Waals surface area contributed by atoms with Crippen LogP contribution in [0, 0.1) is 34.6 Å². The number of aryl methyl sites for hydroxylation is 2. The van der Waals surface area contributed by atoms with Gasteiger partial charge >= 0.3 is 0 Å². The van der Waals surface area contributed by atoms with Crippen LogP contribution in [0.1, 0.15) is 27.9 Å². The van der Waals surface area contributed by atoms with Crippen molar-refractivity contribution in [1.82, 2.24) is 4.98 Å². The lowest BCUT2D eigenvalue weighted by atomic mass is 10.0. The van der Waals surface area contributed by atoms with Crippen molar-refractivity contribution in [3.8, 4) is 0 Å². The third kappa shape index (κ3) is 3.58. The van der Waals surface area contributed by atoms with Gasteiger partial charge in [-0.25, -0.2) is 4.98 Å². The summed E-state index contributed by atoms with van der Waals surface area (Å²) in [4.78, 5) is 4.59. The third-order valence-electron chi connectivity index (χ3n) is 3.84. The Labute approximate surface area is 131 Å². The van der Waals surface area contributed by atoms with Crippen LogP contribution in [0.5, 0.6) is 0 Å². The average molecular weight is 299 g/mol. The van der Waals surface area contributed by atoms with E-state index in [1.165, 1.54) is 16.7 Å². The summed E-state index contributed by atoms with van der Waals surface area (Å²) in [5.41, 5.74) is 6.83. The minimum absolute atomic E-state index is 0.553. The first kappa shape index (κ1) is 15.4. The van der Waals surface area contributed by atoms with Crippen LogP contribution in [0.15, 0.2) is 24.3 Å². The number of hydrogen-bond acceptors (Lipinski definition) is 2. The molecule has 2 rings (SSSR count). The number of thiocarbonyl (C=S) groups is 1. The molecule has 4 heteroatoms. The number of pyridine rings is 1. The molecule has 0 atom stereocenters. The largest absolute Gasteiger partial charge is 0.332 e. The van der Waals surface area contributed by atoms with Gasteiger partial charge in [0.1, 0.15) is 5.82 Å². The summed E-state index contributed by atoms with van der Waals surface area (Å²) < 4.78 is 0. The Bertz CT molecular complexity index is 675. The zero-order valence-corrected chi connectivity index (χ0v) is 14.0. The summed E-state index contributed by atoms with van der Waals surface area (Å²) in [5, 5.41) is 6.92. The van der Waals surface area contributed by atoms with Gasteiger partial charge in [0.05, 0.1) is 0 Å². The molecule has 0 fully saturated rings. The number of aromatic nitrogens is 1. The highest BCUT2D eigenvalue weighted by molar-refractivity contribution is 7.80. The number of nitrogens with zero attached hydrogens (tertiary/aromatic N) is 1. The van der Waals surface area contributed by atoms with Crippen molar-refractivity contribution in [2.24, 2.45) is 0 Å². The zero-order chi connectivity index (χ0) is 15.6. The summed E-state index contributed by atoms with van der Waals surface area (Å²) in [6.45, 7) is 10.3. The van der Waals surface area contributed by atoms with E-state index in [1.54, 1.807) is 0 Å². The molecule has 0 saturated carbocycles. The van der Waals surface area contributed by atoms with Crippen LogP contribution in [0.25, 0.3) is 0 Å². The van der Waals surface area contributed by atoms with Crippen LogP contribution in [0.4, 0.5) is 11.5 Å². The molecule has 1 heterocycles. The second-order valence-electron chi connectivity index (χ2n) is 5.37. The van der Waals surface area contributed by atoms with E-state index < -0.39 is 0 Å². The Balaban J connectivity index is 2.15. The molecule has 0 saturated heterocycles. The van der Waals surface area contributed by atoms with Crippen LogP contribution >= 0.6 is 12.2 Å². The van der Waals surface area contributed by atoms with E-state index in [0.717, 1.165) is 22.8 Å². The Morgan fingerprint density at radius 1 is 0.857 bits per heavy atom. The predicted molar refractivity (Wildman–Crippen MR) is 94.2 cm³/mol. The molecule has 0 bridgehead atoms. The highest BCUT2D eigenvalue weighted by Gasteiger charge is 2.10. The van der Waals surface area contributed by atoms with E-state index in [4.69, 9.17) is 12.2 Å². The van der Waals surface area contributed by atoms with Crippen LogP contribution in [-0.4, -0.2) is 10.1 Å². The van der Waals surface area contributed by atoms with Crippen molar-refractivity contribution in [3.05, 3.63) is 52.2 Å². The van der Waals surface area contributed by atoms with Gasteiger partial charge in [-0.15, -0.1) is 0 Å². The maximum atomic E-state index is 5.37. The molecule has 0 unspecified atom stereocenters. The van der Waals surface area contributed by atoms with Gasteiger partial charge in [0, 0.05) is 11.4 Å². The van der Waals surface area contributed by atoms with Gasteiger partial charge in [-0.2, -0.15) is 0 Å². The smallest absolute Gasteiger partial charge is 0.176 e. The van der Waals surface area contributed by atoms with E-state index in [1.807, 2.05) is 19.1 Å². The lowest BCUT2D eigenvalue weighted by molar-refractivity contribution is 1.09. The maximum absolute atomic E-state index is 5.37. The second-order valence-corrected chi connectivity index (χ2v) is 5.77. The van der Waals surface area contributed by atoms with Crippen LogP contribution in [0.2, 0.25) is 0 Å². The van der Waals surface area contributed by atoms with Gasteiger partial charge in [0.15, 0.2) is 5.11 Å². The zero-order valence-electron chi connectivity index (χ0n) is 13.2. The molecule has 0 radical (unpaired) electrons.